The number of carbonyl (C=O) groups is 1. The molecule has 4 aliphatic carbocycles. The number of fused-ring (bicyclic) bond motifs is 5. The molecule has 26 heavy (non-hydrogen) atoms. The Morgan fingerprint density at radius 3 is 2.50 bits per heavy atom. The van der Waals surface area contributed by atoms with Crippen molar-refractivity contribution >= 4 is 21.7 Å². The quantitative estimate of drug-likeness (QED) is 0.620. The minimum atomic E-state index is -2.62. The van der Waals surface area contributed by atoms with Crippen LogP contribution in [0.4, 0.5) is 8.78 Å². The van der Waals surface area contributed by atoms with E-state index in [-0.39, 0.29) is 30.1 Å². The normalized spacial score (nSPS) is 50.8. The number of rotatable bonds is 3. The van der Waals surface area contributed by atoms with Crippen LogP contribution in [0.25, 0.3) is 0 Å². The SMILES string of the molecule is C[C@]12CC[C@H]3[C@@H](CC[C@H]4C[C@@](O)(C(F)F)CC[C@@H]43)[C@@H]1CC[C@@H]2C(=O)CBr. The first-order chi connectivity index (χ1) is 12.3. The molecule has 0 spiro atoms. The number of ketones is 1. The van der Waals surface area contributed by atoms with Crippen LogP contribution < -0.4 is 0 Å². The smallest absolute Gasteiger partial charge is 0.266 e. The van der Waals surface area contributed by atoms with Gasteiger partial charge in [-0.1, -0.05) is 22.9 Å². The largest absolute Gasteiger partial charge is 0.384 e. The molecule has 0 amide bonds. The van der Waals surface area contributed by atoms with Gasteiger partial charge in [0, 0.05) is 5.92 Å². The predicted molar refractivity (Wildman–Crippen MR) is 100 cm³/mol. The first kappa shape index (κ1) is 19.3. The summed E-state index contributed by atoms with van der Waals surface area (Å²) in [4.78, 5) is 12.5. The summed E-state index contributed by atoms with van der Waals surface area (Å²) in [6.07, 6.45) is 5.15. The van der Waals surface area contributed by atoms with E-state index in [1.165, 1.54) is 0 Å². The van der Waals surface area contributed by atoms with Crippen molar-refractivity contribution in [1.29, 1.82) is 0 Å². The molecule has 0 aromatic heterocycles. The number of aliphatic hydroxyl groups is 1. The van der Waals surface area contributed by atoms with Gasteiger partial charge in [0.25, 0.3) is 6.43 Å². The number of alkyl halides is 3. The molecule has 4 saturated carbocycles. The van der Waals surface area contributed by atoms with Gasteiger partial charge in [-0.25, -0.2) is 8.78 Å². The summed E-state index contributed by atoms with van der Waals surface area (Å²) in [7, 11) is 0. The number of halogens is 3. The van der Waals surface area contributed by atoms with Gasteiger partial charge < -0.3 is 5.11 Å². The van der Waals surface area contributed by atoms with Crippen LogP contribution in [0.15, 0.2) is 0 Å². The van der Waals surface area contributed by atoms with E-state index in [1.807, 2.05) is 0 Å². The summed E-state index contributed by atoms with van der Waals surface area (Å²) in [5, 5.41) is 10.8. The Hall–Kier alpha value is -0.0300. The van der Waals surface area contributed by atoms with Crippen LogP contribution in [0.5, 0.6) is 0 Å². The topological polar surface area (TPSA) is 37.3 Å². The Kier molecular flexibility index (Phi) is 5.04. The monoisotopic (exact) mass is 432 g/mol. The number of hydrogen-bond donors (Lipinski definition) is 1. The zero-order chi connectivity index (χ0) is 18.7. The van der Waals surface area contributed by atoms with Gasteiger partial charge in [-0.2, -0.15) is 0 Å². The standard InChI is InChI=1S/C21H31BrF2O2/c1-20-8-6-14-13-7-9-21(26,19(23)24)10-12(13)2-3-15(14)16(20)4-5-17(20)18(25)11-22/h12-17,19,26H,2-11H2,1H3/t12-,13-,14+,15+,16-,17+,20-,21+/m0/s1. The van der Waals surface area contributed by atoms with Crippen molar-refractivity contribution in [2.24, 2.45) is 40.9 Å². The van der Waals surface area contributed by atoms with E-state index in [0.29, 0.717) is 34.8 Å². The van der Waals surface area contributed by atoms with E-state index in [1.54, 1.807) is 0 Å². The van der Waals surface area contributed by atoms with Crippen molar-refractivity contribution < 1.29 is 18.7 Å². The Bertz CT molecular complexity index is 570. The summed E-state index contributed by atoms with van der Waals surface area (Å²) in [5.41, 5.74) is -1.62. The average molecular weight is 433 g/mol. The van der Waals surface area contributed by atoms with Crippen molar-refractivity contribution in [2.45, 2.75) is 76.7 Å². The number of carbonyl (C=O) groups excluding carboxylic acids is 1. The van der Waals surface area contributed by atoms with Crippen molar-refractivity contribution in [3.63, 3.8) is 0 Å². The van der Waals surface area contributed by atoms with Crippen LogP contribution in [0.3, 0.4) is 0 Å². The summed E-state index contributed by atoms with van der Waals surface area (Å²) in [6.45, 7) is 2.34. The van der Waals surface area contributed by atoms with Gasteiger partial charge in [-0.05, 0) is 92.8 Å². The van der Waals surface area contributed by atoms with E-state index in [2.05, 4.69) is 22.9 Å². The van der Waals surface area contributed by atoms with E-state index in [9.17, 15) is 18.7 Å². The van der Waals surface area contributed by atoms with Gasteiger partial charge in [0.15, 0.2) is 0 Å². The van der Waals surface area contributed by atoms with Crippen LogP contribution in [-0.4, -0.2) is 28.2 Å². The lowest BCUT2D eigenvalue weighted by Crippen LogP contribution is -2.53. The first-order valence-corrected chi connectivity index (χ1v) is 11.5. The maximum Gasteiger partial charge on any atom is 0.266 e. The molecular weight excluding hydrogens is 402 g/mol. The van der Waals surface area contributed by atoms with Gasteiger partial charge in [-0.3, -0.25) is 4.79 Å². The molecule has 0 aromatic rings. The molecule has 0 radical (unpaired) electrons. The van der Waals surface area contributed by atoms with E-state index in [4.69, 9.17) is 0 Å². The summed E-state index contributed by atoms with van der Waals surface area (Å²) >= 11 is 3.37. The Morgan fingerprint density at radius 2 is 1.81 bits per heavy atom. The minimum Gasteiger partial charge on any atom is -0.384 e. The maximum absolute atomic E-state index is 13.3. The Balaban J connectivity index is 1.52. The molecule has 0 bridgehead atoms. The third-order valence-electron chi connectivity index (χ3n) is 8.97. The van der Waals surface area contributed by atoms with Crippen LogP contribution in [0, 0.1) is 40.9 Å². The third kappa shape index (κ3) is 2.82. The van der Waals surface area contributed by atoms with Gasteiger partial charge in [0.05, 0.1) is 5.33 Å². The molecule has 8 atom stereocenters. The molecule has 0 aliphatic heterocycles. The van der Waals surface area contributed by atoms with Crippen molar-refractivity contribution in [3.8, 4) is 0 Å². The van der Waals surface area contributed by atoms with Gasteiger partial charge in [0.2, 0.25) is 0 Å². The number of Topliss-reactive ketones (excluding diaryl/α,β-unsaturated/α-hetero) is 1. The number of hydrogen-bond acceptors (Lipinski definition) is 2. The van der Waals surface area contributed by atoms with E-state index < -0.39 is 12.0 Å². The van der Waals surface area contributed by atoms with Crippen molar-refractivity contribution in [1.82, 2.24) is 0 Å². The van der Waals surface area contributed by atoms with E-state index >= 15 is 0 Å². The fraction of sp³-hybridized carbons (Fsp3) is 0.952. The molecule has 2 nitrogen and oxygen atoms in total. The lowest BCUT2D eigenvalue weighted by atomic mass is 9.49. The van der Waals surface area contributed by atoms with Gasteiger partial charge >= 0.3 is 0 Å². The van der Waals surface area contributed by atoms with Crippen molar-refractivity contribution in [2.75, 3.05) is 5.33 Å². The van der Waals surface area contributed by atoms with Gasteiger partial charge in [-0.15, -0.1) is 0 Å². The Labute approximate surface area is 163 Å². The highest BCUT2D eigenvalue weighted by Gasteiger charge is 2.59. The second kappa shape index (κ2) is 6.79. The zero-order valence-electron chi connectivity index (χ0n) is 15.6. The summed E-state index contributed by atoms with van der Waals surface area (Å²) in [6, 6.07) is 0. The lowest BCUT2D eigenvalue weighted by Gasteiger charge is -2.57. The molecule has 0 unspecified atom stereocenters. The highest BCUT2D eigenvalue weighted by atomic mass is 79.9. The maximum atomic E-state index is 13.3. The van der Waals surface area contributed by atoms with Crippen LogP contribution in [0.2, 0.25) is 0 Å². The Morgan fingerprint density at radius 1 is 1.08 bits per heavy atom. The lowest BCUT2D eigenvalue weighted by molar-refractivity contribution is -0.160. The second-order valence-electron chi connectivity index (χ2n) is 9.86. The minimum absolute atomic E-state index is 0.136. The van der Waals surface area contributed by atoms with Crippen LogP contribution >= 0.6 is 15.9 Å². The summed E-state index contributed by atoms with van der Waals surface area (Å²) < 4.78 is 26.6. The molecule has 5 heteroatoms. The fourth-order valence-electron chi connectivity index (χ4n) is 7.73. The van der Waals surface area contributed by atoms with Crippen LogP contribution in [0.1, 0.15) is 64.7 Å². The van der Waals surface area contributed by atoms with E-state index in [0.717, 1.165) is 44.9 Å². The van der Waals surface area contributed by atoms with Gasteiger partial charge in [0.1, 0.15) is 11.4 Å². The highest BCUT2D eigenvalue weighted by Crippen LogP contribution is 2.64. The average Bonchev–Trinajstić information content (AvgIpc) is 2.97. The molecule has 1 N–H and O–H groups in total. The summed E-state index contributed by atoms with van der Waals surface area (Å²) in [5.74, 6) is 3.21. The molecule has 0 saturated heterocycles. The third-order valence-corrected chi connectivity index (χ3v) is 9.52. The zero-order valence-corrected chi connectivity index (χ0v) is 17.2. The van der Waals surface area contributed by atoms with Crippen LogP contribution in [-0.2, 0) is 4.79 Å². The van der Waals surface area contributed by atoms with Crippen molar-refractivity contribution in [3.05, 3.63) is 0 Å². The first-order valence-electron chi connectivity index (χ1n) is 10.4. The molecule has 4 fully saturated rings. The second-order valence-corrected chi connectivity index (χ2v) is 10.4. The molecule has 4 aliphatic rings. The molecule has 0 aromatic carbocycles. The molecule has 4 rings (SSSR count). The molecule has 148 valence electrons. The fourth-order valence-corrected chi connectivity index (χ4v) is 8.12. The molecule has 0 heterocycles. The predicted octanol–water partition coefficient (Wildman–Crippen LogP) is 5.22. The molecular formula is C21H31BrF2O2. The highest BCUT2D eigenvalue weighted by molar-refractivity contribution is 9.09.